The lowest BCUT2D eigenvalue weighted by Gasteiger charge is -2.07. The van der Waals surface area contributed by atoms with Crippen LogP contribution in [0.1, 0.15) is 16.3 Å². The molecule has 0 bridgehead atoms. The van der Waals surface area contributed by atoms with Gasteiger partial charge in [-0.05, 0) is 24.3 Å². The lowest BCUT2D eigenvalue weighted by atomic mass is 10.3. The van der Waals surface area contributed by atoms with Crippen LogP contribution in [0.15, 0.2) is 42.6 Å². The number of aromatic hydroxyl groups is 1. The van der Waals surface area contributed by atoms with Crippen LogP contribution in [0.3, 0.4) is 0 Å². The van der Waals surface area contributed by atoms with Gasteiger partial charge < -0.3 is 19.7 Å². The van der Waals surface area contributed by atoms with E-state index in [0.717, 1.165) is 0 Å². The van der Waals surface area contributed by atoms with Crippen LogP contribution in [0.4, 0.5) is 0 Å². The van der Waals surface area contributed by atoms with Gasteiger partial charge in [0.2, 0.25) is 0 Å². The molecule has 0 radical (unpaired) electrons. The van der Waals surface area contributed by atoms with E-state index in [0.29, 0.717) is 17.3 Å². The van der Waals surface area contributed by atoms with Crippen LogP contribution in [0.5, 0.6) is 17.2 Å². The van der Waals surface area contributed by atoms with Crippen LogP contribution in [-0.4, -0.2) is 32.7 Å². The number of carbonyl (C=O) groups is 1. The van der Waals surface area contributed by atoms with Crippen molar-refractivity contribution in [1.82, 2.24) is 9.38 Å². The van der Waals surface area contributed by atoms with Gasteiger partial charge in [-0.15, -0.1) is 0 Å². The number of carboxylic acid groups (broad SMARTS) is 1. The Labute approximate surface area is 131 Å². The molecule has 0 aliphatic rings. The lowest BCUT2D eigenvalue weighted by Crippen LogP contribution is -2.01. The summed E-state index contributed by atoms with van der Waals surface area (Å²) in [4.78, 5) is 15.3. The van der Waals surface area contributed by atoms with Gasteiger partial charge in [0.25, 0.3) is 0 Å². The second-order valence-electron chi connectivity index (χ2n) is 4.76. The Hall–Kier alpha value is -3.22. The molecule has 2 heterocycles. The molecular weight excluding hydrogens is 300 g/mol. The summed E-state index contributed by atoms with van der Waals surface area (Å²) in [6, 6.07) is 10.1. The normalized spacial score (nSPS) is 10.7. The quantitative estimate of drug-likeness (QED) is 0.751. The monoisotopic (exact) mass is 314 g/mol. The molecule has 118 valence electrons. The van der Waals surface area contributed by atoms with Crippen LogP contribution in [0, 0.1) is 0 Å². The highest BCUT2D eigenvalue weighted by molar-refractivity contribution is 5.95. The molecular formula is C16H14N2O5. The van der Waals surface area contributed by atoms with Crippen molar-refractivity contribution in [2.45, 2.75) is 6.61 Å². The van der Waals surface area contributed by atoms with Crippen LogP contribution in [-0.2, 0) is 6.61 Å². The van der Waals surface area contributed by atoms with E-state index in [2.05, 4.69) is 4.98 Å². The number of ether oxygens (including phenoxy) is 2. The van der Waals surface area contributed by atoms with Gasteiger partial charge in [-0.25, -0.2) is 9.78 Å². The van der Waals surface area contributed by atoms with E-state index in [4.69, 9.17) is 9.47 Å². The van der Waals surface area contributed by atoms with Crippen molar-refractivity contribution in [3.05, 3.63) is 54.1 Å². The number of methoxy groups -OCH3 is 1. The first kappa shape index (κ1) is 14.7. The Balaban J connectivity index is 1.94. The van der Waals surface area contributed by atoms with Crippen molar-refractivity contribution in [3.8, 4) is 17.2 Å². The summed E-state index contributed by atoms with van der Waals surface area (Å²) in [5, 5.41) is 19.1. The molecule has 0 aliphatic carbocycles. The summed E-state index contributed by atoms with van der Waals surface area (Å²) in [7, 11) is 1.56. The number of benzene rings is 1. The van der Waals surface area contributed by atoms with Crippen molar-refractivity contribution in [3.63, 3.8) is 0 Å². The SMILES string of the molecule is COc1cccc(OCc2nc(C(=O)O)c3c(O)cccn23)c1. The van der Waals surface area contributed by atoms with E-state index in [1.807, 2.05) is 0 Å². The Morgan fingerprint density at radius 1 is 1.26 bits per heavy atom. The summed E-state index contributed by atoms with van der Waals surface area (Å²) >= 11 is 0. The zero-order chi connectivity index (χ0) is 16.4. The lowest BCUT2D eigenvalue weighted by molar-refractivity contribution is 0.0692. The predicted octanol–water partition coefficient (Wildman–Crippen LogP) is 2.33. The molecule has 2 N–H and O–H groups in total. The van der Waals surface area contributed by atoms with E-state index in [1.54, 1.807) is 43.6 Å². The van der Waals surface area contributed by atoms with Crippen molar-refractivity contribution in [2.75, 3.05) is 7.11 Å². The third-order valence-corrected chi connectivity index (χ3v) is 3.33. The molecule has 3 aromatic rings. The average molecular weight is 314 g/mol. The number of hydrogen-bond donors (Lipinski definition) is 2. The van der Waals surface area contributed by atoms with Crippen LogP contribution in [0.2, 0.25) is 0 Å². The highest BCUT2D eigenvalue weighted by Crippen LogP contribution is 2.25. The molecule has 0 saturated carbocycles. The van der Waals surface area contributed by atoms with Crippen molar-refractivity contribution in [1.29, 1.82) is 0 Å². The number of rotatable bonds is 5. The van der Waals surface area contributed by atoms with Gasteiger partial charge in [-0.2, -0.15) is 0 Å². The van der Waals surface area contributed by atoms with Crippen molar-refractivity contribution < 1.29 is 24.5 Å². The fourth-order valence-electron chi connectivity index (χ4n) is 2.27. The van der Waals surface area contributed by atoms with E-state index in [9.17, 15) is 15.0 Å². The number of aromatic carboxylic acids is 1. The summed E-state index contributed by atoms with van der Waals surface area (Å²) < 4.78 is 12.3. The molecule has 7 heteroatoms. The molecule has 0 spiro atoms. The fourth-order valence-corrected chi connectivity index (χ4v) is 2.27. The Kier molecular flexibility index (Phi) is 3.76. The highest BCUT2D eigenvalue weighted by Gasteiger charge is 2.19. The number of hydrogen-bond acceptors (Lipinski definition) is 5. The van der Waals surface area contributed by atoms with Crippen LogP contribution >= 0.6 is 0 Å². The first-order valence-corrected chi connectivity index (χ1v) is 6.79. The summed E-state index contributed by atoms with van der Waals surface area (Å²) in [6.45, 7) is 0.0467. The molecule has 3 rings (SSSR count). The fraction of sp³-hybridized carbons (Fsp3) is 0.125. The second-order valence-corrected chi connectivity index (χ2v) is 4.76. The molecule has 23 heavy (non-hydrogen) atoms. The van der Waals surface area contributed by atoms with Crippen molar-refractivity contribution in [2.24, 2.45) is 0 Å². The van der Waals surface area contributed by atoms with Gasteiger partial charge in [0, 0.05) is 12.3 Å². The summed E-state index contributed by atoms with van der Waals surface area (Å²) in [5.74, 6) is 0.232. The van der Waals surface area contributed by atoms with Gasteiger partial charge in [-0.3, -0.25) is 4.40 Å². The van der Waals surface area contributed by atoms with Crippen LogP contribution < -0.4 is 9.47 Å². The minimum atomic E-state index is -1.21. The minimum absolute atomic E-state index is 0.0467. The second kappa shape index (κ2) is 5.88. The maximum atomic E-state index is 11.3. The molecule has 0 aliphatic heterocycles. The number of aromatic nitrogens is 2. The van der Waals surface area contributed by atoms with E-state index >= 15 is 0 Å². The van der Waals surface area contributed by atoms with Gasteiger partial charge in [0.15, 0.2) is 11.5 Å². The number of fused-ring (bicyclic) bond motifs is 1. The molecule has 2 aromatic heterocycles. The maximum Gasteiger partial charge on any atom is 0.356 e. The average Bonchev–Trinajstić information content (AvgIpc) is 2.94. The molecule has 0 atom stereocenters. The standard InChI is InChI=1S/C16H14N2O5/c1-22-10-4-2-5-11(8-10)23-9-13-17-14(16(20)21)15-12(19)6-3-7-18(13)15/h2-8,19H,9H2,1H3,(H,20,21). The molecule has 0 amide bonds. The van der Waals surface area contributed by atoms with Crippen molar-refractivity contribution >= 4 is 11.5 Å². The first-order chi connectivity index (χ1) is 11.1. The molecule has 7 nitrogen and oxygen atoms in total. The largest absolute Gasteiger partial charge is 0.506 e. The third-order valence-electron chi connectivity index (χ3n) is 3.33. The van der Waals surface area contributed by atoms with E-state index in [1.165, 1.54) is 10.5 Å². The number of pyridine rings is 1. The smallest absolute Gasteiger partial charge is 0.356 e. The maximum absolute atomic E-state index is 11.3. The number of nitrogens with zero attached hydrogens (tertiary/aromatic N) is 2. The molecule has 0 saturated heterocycles. The third kappa shape index (κ3) is 2.76. The highest BCUT2D eigenvalue weighted by atomic mass is 16.5. The topological polar surface area (TPSA) is 93.3 Å². The Morgan fingerprint density at radius 3 is 2.78 bits per heavy atom. The first-order valence-electron chi connectivity index (χ1n) is 6.79. The van der Waals surface area contributed by atoms with Gasteiger partial charge in [0.05, 0.1) is 7.11 Å². The van der Waals surface area contributed by atoms with Gasteiger partial charge >= 0.3 is 5.97 Å². The summed E-state index contributed by atoms with van der Waals surface area (Å²) in [5.41, 5.74) is -0.0726. The van der Waals surface area contributed by atoms with E-state index in [-0.39, 0.29) is 23.6 Å². The molecule has 0 unspecified atom stereocenters. The zero-order valence-corrected chi connectivity index (χ0v) is 12.3. The summed E-state index contributed by atoms with van der Waals surface area (Å²) in [6.07, 6.45) is 1.62. The number of imidazole rings is 1. The zero-order valence-electron chi connectivity index (χ0n) is 12.3. The Morgan fingerprint density at radius 2 is 2.04 bits per heavy atom. The van der Waals surface area contributed by atoms with Gasteiger partial charge in [0.1, 0.15) is 29.4 Å². The van der Waals surface area contributed by atoms with Gasteiger partial charge in [-0.1, -0.05) is 6.07 Å². The molecule has 0 fully saturated rings. The Bertz CT molecular complexity index is 872. The minimum Gasteiger partial charge on any atom is -0.506 e. The molecule has 1 aromatic carbocycles. The number of carboxylic acids is 1. The van der Waals surface area contributed by atoms with Crippen LogP contribution in [0.25, 0.3) is 5.52 Å². The van der Waals surface area contributed by atoms with E-state index < -0.39 is 5.97 Å². The predicted molar refractivity (Wildman–Crippen MR) is 81.1 cm³/mol.